The average molecular weight is 2160 g/mol. The van der Waals surface area contributed by atoms with Gasteiger partial charge in [-0.2, -0.15) is 0 Å². The van der Waals surface area contributed by atoms with Gasteiger partial charge in [0.2, 0.25) is 17.7 Å². The molecule has 7 amide bonds. The van der Waals surface area contributed by atoms with Crippen molar-refractivity contribution in [3.63, 3.8) is 0 Å². The minimum absolute atomic E-state index is 0.00601. The second kappa shape index (κ2) is 39.0. The summed E-state index contributed by atoms with van der Waals surface area (Å²) in [6, 6.07) is 50.6. The molecule has 8 aromatic carbocycles. The molecule has 37 heteroatoms. The van der Waals surface area contributed by atoms with Crippen molar-refractivity contribution in [3.05, 3.63) is 399 Å². The molecule has 8 heterocycles. The van der Waals surface area contributed by atoms with Gasteiger partial charge in [-0.05, 0) is 216 Å². The lowest BCUT2D eigenvalue weighted by Crippen LogP contribution is -2.48. The number of aromatic nitrogens is 4. The van der Waals surface area contributed by atoms with Gasteiger partial charge in [0.05, 0.1) is 155 Å². The van der Waals surface area contributed by atoms with E-state index in [4.69, 9.17) is 124 Å². The molecular weight excluding hydrogens is 2080 g/mol. The number of fused-ring (bicyclic) bond motifs is 4. The van der Waals surface area contributed by atoms with Crippen LogP contribution in [0.2, 0.25) is 40.2 Å². The van der Waals surface area contributed by atoms with E-state index in [1.54, 1.807) is 165 Å². The minimum atomic E-state index is -2.01. The number of hydrogen-bond donors (Lipinski definition) is 5. The molecule has 8 N–H and O–H groups in total. The van der Waals surface area contributed by atoms with Crippen LogP contribution in [-0.4, -0.2) is 111 Å². The zero-order valence-corrected chi connectivity index (χ0v) is 82.5. The Bertz CT molecular complexity index is 6890. The van der Waals surface area contributed by atoms with E-state index >= 15 is 13.2 Å². The van der Waals surface area contributed by atoms with Crippen molar-refractivity contribution in [2.24, 2.45) is 33.4 Å². The maximum atomic E-state index is 16.2. The summed E-state index contributed by atoms with van der Waals surface area (Å²) in [6.07, 6.45) is 9.11. The first-order valence-electron chi connectivity index (χ1n) is 42.7. The smallest absolute Gasteiger partial charge is 0.257 e. The first-order valence-corrected chi connectivity index (χ1v) is 47.4. The van der Waals surface area contributed by atoms with E-state index in [0.717, 1.165) is 0 Å². The Morgan fingerprint density at radius 3 is 0.942 bits per heavy atom. The first-order chi connectivity index (χ1) is 65.4. The van der Waals surface area contributed by atoms with E-state index in [-0.39, 0.29) is 96.1 Å². The van der Waals surface area contributed by atoms with E-state index in [1.165, 1.54) is 94.6 Å². The number of pyridine rings is 4. The van der Waals surface area contributed by atoms with Crippen LogP contribution in [0.5, 0.6) is 0 Å². The summed E-state index contributed by atoms with van der Waals surface area (Å²) in [4.78, 5) is 114. The van der Waals surface area contributed by atoms with Crippen LogP contribution < -0.4 is 17.2 Å². The van der Waals surface area contributed by atoms with Gasteiger partial charge >= 0.3 is 0 Å². The highest BCUT2D eigenvalue weighted by Gasteiger charge is 2.63. The Hall–Kier alpha value is -10.8. The third-order valence-electron chi connectivity index (χ3n) is 25.5. The van der Waals surface area contributed by atoms with Gasteiger partial charge in [-0.1, -0.05) is 185 Å². The number of amides is 7. The van der Waals surface area contributed by atoms with Crippen LogP contribution in [0.15, 0.2) is 234 Å². The number of halogens is 14. The van der Waals surface area contributed by atoms with Crippen LogP contribution in [0.1, 0.15) is 179 Å². The normalized spacial score (nSPS) is 19.6. The summed E-state index contributed by atoms with van der Waals surface area (Å²) in [5.74, 6) is -6.13. The van der Waals surface area contributed by atoms with E-state index in [1.807, 2.05) is 0 Å². The van der Waals surface area contributed by atoms with Crippen molar-refractivity contribution in [2.45, 2.75) is 114 Å². The zero-order chi connectivity index (χ0) is 99.0. The highest BCUT2D eigenvalue weighted by atomic mass is 79.9. The predicted octanol–water partition coefficient (Wildman–Crippen LogP) is 21.2. The number of benzene rings is 8. The molecule has 0 bridgehead atoms. The van der Waals surface area contributed by atoms with Gasteiger partial charge in [0.15, 0.2) is 22.9 Å². The Balaban J connectivity index is 0.000000134. The Labute approximate surface area is 845 Å². The Kier molecular flexibility index (Phi) is 28.3. The molecule has 0 radical (unpaired) electrons. The van der Waals surface area contributed by atoms with Crippen LogP contribution in [0.4, 0.5) is 17.6 Å². The molecule has 4 aliphatic heterocycles. The number of aliphatic hydroxyl groups is 2. The molecule has 7 aliphatic rings. The minimum Gasteiger partial charge on any atom is -0.386 e. The molecule has 138 heavy (non-hydrogen) atoms. The fourth-order valence-corrected chi connectivity index (χ4v) is 19.1. The quantitative estimate of drug-likeness (QED) is 0.0315. The van der Waals surface area contributed by atoms with Gasteiger partial charge in [0.25, 0.3) is 23.6 Å². The van der Waals surface area contributed by atoms with Crippen LogP contribution in [0.3, 0.4) is 0 Å². The molecule has 0 spiro atoms. The first kappa shape index (κ1) is 100. The van der Waals surface area contributed by atoms with Crippen molar-refractivity contribution in [1.82, 2.24) is 39.5 Å². The highest BCUT2D eigenvalue weighted by Crippen LogP contribution is 2.58. The van der Waals surface area contributed by atoms with Crippen molar-refractivity contribution in [1.29, 1.82) is 0 Å². The lowest BCUT2D eigenvalue weighted by molar-refractivity contribution is -0.143. The van der Waals surface area contributed by atoms with Gasteiger partial charge in [-0.25, -0.2) is 17.6 Å². The Morgan fingerprint density at radius 1 is 0.391 bits per heavy atom. The van der Waals surface area contributed by atoms with E-state index in [2.05, 4.69) is 58.4 Å². The molecule has 710 valence electrons. The van der Waals surface area contributed by atoms with Crippen molar-refractivity contribution < 1.29 is 75.5 Å². The van der Waals surface area contributed by atoms with Crippen LogP contribution in [0, 0.1) is 39.5 Å². The lowest BCUT2D eigenvalue weighted by Gasteiger charge is -2.40. The number of carbonyl (C=O) groups excluding carboxylic acids is 7. The molecule has 4 atom stereocenters. The zero-order valence-electron chi connectivity index (χ0n) is 73.3. The number of nitrogens with zero attached hydrogens (tertiary/aromatic N) is 8. The third kappa shape index (κ3) is 19.2. The van der Waals surface area contributed by atoms with Crippen molar-refractivity contribution >= 4 is 172 Å². The van der Waals surface area contributed by atoms with Crippen LogP contribution in [0.25, 0.3) is 5.57 Å². The van der Waals surface area contributed by atoms with E-state index < -0.39 is 109 Å². The summed E-state index contributed by atoms with van der Waals surface area (Å²) in [6.45, 7) is 8.23. The number of rotatable bonds is 26. The monoisotopic (exact) mass is 2150 g/mol. The van der Waals surface area contributed by atoms with Gasteiger partial charge in [0, 0.05) is 76.1 Å². The molecule has 12 aromatic rings. The van der Waals surface area contributed by atoms with Gasteiger partial charge in [0.1, 0.15) is 23.3 Å². The fourth-order valence-electron chi connectivity index (χ4n) is 17.3. The Morgan fingerprint density at radius 2 is 0.652 bits per heavy atom. The molecule has 19 rings (SSSR count). The summed E-state index contributed by atoms with van der Waals surface area (Å²) in [5, 5.41) is 25.8. The van der Waals surface area contributed by atoms with Gasteiger partial charge < -0.3 is 41.6 Å². The second-order valence-electron chi connectivity index (χ2n) is 35.1. The predicted molar refractivity (Wildman–Crippen MR) is 519 cm³/mol. The molecule has 0 saturated heterocycles. The maximum absolute atomic E-state index is 16.2. The summed E-state index contributed by atoms with van der Waals surface area (Å²) < 4.78 is 83.2. The van der Waals surface area contributed by atoms with Crippen molar-refractivity contribution in [2.75, 3.05) is 19.8 Å². The average Bonchev–Trinajstić information content (AvgIpc) is 1.55. The van der Waals surface area contributed by atoms with Crippen LogP contribution in [-0.2, 0) is 83.3 Å². The standard InChI is InChI=1S/C28H26Cl2FN3O4.C28H24Cl2FN3O3.C25H19BrCl2FN3O3.C20H12BrCl2FN2O2/c1-26(2,37)17-11-21-23(22(31)12-17)28(16-3-5-18(29)6-4-16,38-15-27(9-10-27)25(32)36)34(24(21)35)14-20-8-7-19(30)13-33-20;1-16(2)17-11-22-24(23(31)12-17)28(18-3-5-19(29)6-4-18,37-15-27(9-10-27)26(32)36)34(25(22)35)14-21-8-7-20(30)13-33-21;26-15-9-19-21(20(29)10-15)25(14-1-3-16(27)4-2-14,35-13-24(7-8-24)23(30)34)32(22(19)33)12-18-6-5-17(28)11-31-18;21-12-7-16-18(17(24)8-12)20(28,11-1-3-13(22)4-2-11)26(19(16)27)10-15-6-5-14(23)9-25-15/h3-8,11-13,37H,9-10,14-15H2,1-2H3,(H2,32,36);3-8,11-13H,1,9-10,14-15H2,2H3,(H2,32,36);1-6,9-11H,7-8,12-13H2,(H2,30,34);1-9,28H,10H2/t28-;;;/m1.../s1. The van der Waals surface area contributed by atoms with Crippen molar-refractivity contribution in [3.8, 4) is 0 Å². The molecular formula is C101H81Br2Cl8F4N11O12. The lowest BCUT2D eigenvalue weighted by atomic mass is 9.88. The van der Waals surface area contributed by atoms with Crippen LogP contribution >= 0.6 is 125 Å². The molecule has 3 aliphatic carbocycles. The summed E-state index contributed by atoms with van der Waals surface area (Å²) >= 11 is 54.8. The number of ether oxygens (including phenoxy) is 3. The maximum Gasteiger partial charge on any atom is 0.257 e. The largest absolute Gasteiger partial charge is 0.386 e. The topological polar surface area (TPSA) is 330 Å². The number of carbonyl (C=O) groups is 7. The molecule has 23 nitrogen and oxygen atoms in total. The highest BCUT2D eigenvalue weighted by molar-refractivity contribution is 9.10. The second-order valence-corrected chi connectivity index (χ2v) is 40.4. The SMILES string of the molecule is C=C(C)c1cc(F)c2c(c1)C(=O)N(Cc1ccc(Cl)cn1)C2(OCC1(C(N)=O)CC1)c1ccc(Cl)cc1.CC(C)(O)c1cc(F)c2c(c1)C(=O)N(Cc1ccc(Cl)cn1)[C@@]2(OCC1(C(N)=O)CC1)c1ccc(Cl)cc1.NC(=O)C1(COC2(c3ccc(Cl)cc3)c3c(F)cc(Br)cc3C(=O)N2Cc2ccc(Cl)cn2)CC1.O=C1c2cc(Br)cc(F)c2C(O)(c2ccc(Cl)cc2)N1Cc1ccc(Cl)cn1. The molecule has 3 saturated carbocycles. The molecule has 3 fully saturated rings. The number of hydrogen-bond acceptors (Lipinski definition) is 16. The van der Waals surface area contributed by atoms with Gasteiger partial charge in [-0.3, -0.25) is 73.1 Å². The van der Waals surface area contributed by atoms with E-state index in [9.17, 15) is 48.2 Å². The van der Waals surface area contributed by atoms with E-state index in [0.29, 0.717) is 144 Å². The summed E-state index contributed by atoms with van der Waals surface area (Å²) in [7, 11) is 0. The number of allylic oxidation sites excluding steroid dienone is 1. The molecule has 4 aromatic heterocycles. The molecule has 3 unspecified atom stereocenters. The fraction of sp³-hybridized carbons (Fsp3) is 0.238. The summed E-state index contributed by atoms with van der Waals surface area (Å²) in [5.41, 5.74) is 11.2. The van der Waals surface area contributed by atoms with Gasteiger partial charge in [-0.15, -0.1) is 0 Å². The third-order valence-corrected chi connectivity index (χ3v) is 28.3. The number of nitrogens with two attached hydrogens (primary N) is 3. The number of primary amides is 3.